The first-order valence-electron chi connectivity index (χ1n) is 15.6. The van der Waals surface area contributed by atoms with E-state index in [2.05, 4.69) is 10.2 Å². The van der Waals surface area contributed by atoms with Crippen LogP contribution in [0.25, 0.3) is 0 Å². The van der Waals surface area contributed by atoms with Gasteiger partial charge < -0.3 is 48.1 Å². The van der Waals surface area contributed by atoms with Crippen LogP contribution in [0.2, 0.25) is 0 Å². The molecule has 2 aromatic rings. The normalized spacial score (nSPS) is 14.4. The Bertz CT molecular complexity index is 1260. The van der Waals surface area contributed by atoms with E-state index in [1.54, 1.807) is 45.0 Å². The molecule has 1 heterocycles. The average Bonchev–Trinajstić information content (AvgIpc) is 3.32. The minimum atomic E-state index is -0.663. The quantitative estimate of drug-likeness (QED) is 0.200. The molecule has 3 rings (SSSR count). The van der Waals surface area contributed by atoms with Crippen molar-refractivity contribution < 1.29 is 47.5 Å². The van der Waals surface area contributed by atoms with Crippen LogP contribution in [0.1, 0.15) is 67.2 Å². The molecule has 0 radical (unpaired) electrons. The van der Waals surface area contributed by atoms with E-state index in [9.17, 15) is 9.59 Å². The van der Waals surface area contributed by atoms with Gasteiger partial charge in [-0.25, -0.2) is 9.59 Å². The van der Waals surface area contributed by atoms with Gasteiger partial charge in [-0.05, 0) is 83.8 Å². The van der Waals surface area contributed by atoms with E-state index in [1.807, 2.05) is 0 Å². The predicted octanol–water partition coefficient (Wildman–Crippen LogP) is 4.75. The molecule has 2 aromatic carbocycles. The fourth-order valence-corrected chi connectivity index (χ4v) is 5.12. The summed E-state index contributed by atoms with van der Waals surface area (Å²) in [5.74, 6) is 1.22. The van der Waals surface area contributed by atoms with E-state index < -0.39 is 17.5 Å². The zero-order chi connectivity index (χ0) is 33.7. The maximum atomic E-state index is 13.4. The Morgan fingerprint density at radius 3 is 1.89 bits per heavy atom. The van der Waals surface area contributed by atoms with Gasteiger partial charge in [0.1, 0.15) is 11.7 Å². The SMILES string of the molecule is COc1cc(C(=O)OC(CCCOc2cc(C(=O)OC(C)(C)C)cc(OC)c2OC)CCN2CCCNCC2)cc(OC)c1OC. The topological polar surface area (TPSA) is 123 Å². The van der Waals surface area contributed by atoms with Crippen LogP contribution in [-0.2, 0) is 9.47 Å². The number of esters is 2. The summed E-state index contributed by atoms with van der Waals surface area (Å²) >= 11 is 0. The Morgan fingerprint density at radius 1 is 0.761 bits per heavy atom. The summed E-state index contributed by atoms with van der Waals surface area (Å²) in [4.78, 5) is 28.6. The van der Waals surface area contributed by atoms with Crippen LogP contribution in [0.3, 0.4) is 0 Å². The van der Waals surface area contributed by atoms with E-state index in [-0.39, 0.29) is 18.3 Å². The van der Waals surface area contributed by atoms with Gasteiger partial charge in [-0.2, -0.15) is 0 Å². The number of ether oxygens (including phenoxy) is 8. The summed E-state index contributed by atoms with van der Waals surface area (Å²) in [7, 11) is 7.51. The number of nitrogens with one attached hydrogen (secondary N) is 1. The van der Waals surface area contributed by atoms with Crippen molar-refractivity contribution in [2.75, 3.05) is 74.9 Å². The molecule has 46 heavy (non-hydrogen) atoms. The smallest absolute Gasteiger partial charge is 0.338 e. The third-order valence-corrected chi connectivity index (χ3v) is 7.38. The highest BCUT2D eigenvalue weighted by Gasteiger charge is 2.24. The van der Waals surface area contributed by atoms with Crippen LogP contribution in [0.5, 0.6) is 34.5 Å². The molecule has 12 heteroatoms. The zero-order valence-corrected chi connectivity index (χ0v) is 28.5. The molecule has 0 aliphatic carbocycles. The Morgan fingerprint density at radius 2 is 1.33 bits per heavy atom. The number of carbonyl (C=O) groups is 2. The summed E-state index contributed by atoms with van der Waals surface area (Å²) in [5.41, 5.74) is -0.0823. The predicted molar refractivity (Wildman–Crippen MR) is 173 cm³/mol. The minimum Gasteiger partial charge on any atom is -0.493 e. The summed E-state index contributed by atoms with van der Waals surface area (Å²) < 4.78 is 45.0. The number of methoxy groups -OCH3 is 5. The summed E-state index contributed by atoms with van der Waals surface area (Å²) in [5, 5.41) is 3.42. The van der Waals surface area contributed by atoms with Crippen LogP contribution in [-0.4, -0.2) is 103 Å². The Balaban J connectivity index is 1.74. The standard InChI is InChI=1S/C34H50N2O10/c1-34(2,3)46-33(38)24-21-28(41-6)31(43-8)29(22-24)44-18-9-11-25(12-16-36-15-10-13-35-14-17-36)45-32(37)23-19-26(39-4)30(42-7)27(20-23)40-5/h19-22,25,35H,9-18H2,1-8H3. The van der Waals surface area contributed by atoms with E-state index in [0.29, 0.717) is 59.3 Å². The molecular formula is C34H50N2O10. The van der Waals surface area contributed by atoms with Crippen LogP contribution >= 0.6 is 0 Å². The first-order valence-corrected chi connectivity index (χ1v) is 15.6. The average molecular weight is 647 g/mol. The monoisotopic (exact) mass is 646 g/mol. The second-order valence-corrected chi connectivity index (χ2v) is 11.9. The first-order chi connectivity index (χ1) is 22.0. The highest BCUT2D eigenvalue weighted by Crippen LogP contribution is 2.40. The Hall–Kier alpha value is -3.90. The van der Waals surface area contributed by atoms with Crippen molar-refractivity contribution in [1.82, 2.24) is 10.2 Å². The molecule has 1 atom stereocenters. The summed E-state index contributed by atoms with van der Waals surface area (Å²) in [6, 6.07) is 6.32. The number of nitrogens with zero attached hydrogens (tertiary/aromatic N) is 1. The van der Waals surface area contributed by atoms with Crippen molar-refractivity contribution in [2.24, 2.45) is 0 Å². The van der Waals surface area contributed by atoms with Crippen molar-refractivity contribution >= 4 is 11.9 Å². The van der Waals surface area contributed by atoms with Gasteiger partial charge in [-0.3, -0.25) is 0 Å². The molecule has 1 aliphatic rings. The number of hydrogen-bond donors (Lipinski definition) is 1. The maximum absolute atomic E-state index is 13.4. The molecule has 1 fully saturated rings. The largest absolute Gasteiger partial charge is 0.493 e. The van der Waals surface area contributed by atoms with E-state index in [0.717, 1.165) is 39.1 Å². The molecule has 1 N–H and O–H groups in total. The Labute approximate surface area is 272 Å². The van der Waals surface area contributed by atoms with E-state index >= 15 is 0 Å². The number of benzene rings is 2. The van der Waals surface area contributed by atoms with Crippen LogP contribution in [0.4, 0.5) is 0 Å². The molecule has 1 unspecified atom stereocenters. The minimum absolute atomic E-state index is 0.281. The van der Waals surface area contributed by atoms with Gasteiger partial charge in [0.15, 0.2) is 23.0 Å². The van der Waals surface area contributed by atoms with Gasteiger partial charge in [-0.1, -0.05) is 0 Å². The lowest BCUT2D eigenvalue weighted by Crippen LogP contribution is -2.32. The second kappa shape index (κ2) is 17.7. The molecule has 12 nitrogen and oxygen atoms in total. The highest BCUT2D eigenvalue weighted by molar-refractivity contribution is 5.92. The van der Waals surface area contributed by atoms with Crippen molar-refractivity contribution in [1.29, 1.82) is 0 Å². The fourth-order valence-electron chi connectivity index (χ4n) is 5.12. The molecule has 0 spiro atoms. The Kier molecular flexibility index (Phi) is 14.1. The molecule has 0 amide bonds. The number of carbonyl (C=O) groups excluding carboxylic acids is 2. The van der Waals surface area contributed by atoms with Crippen LogP contribution in [0.15, 0.2) is 24.3 Å². The highest BCUT2D eigenvalue weighted by atomic mass is 16.6. The summed E-state index contributed by atoms with van der Waals surface area (Å²) in [6.45, 7) is 10.3. The van der Waals surface area contributed by atoms with Crippen molar-refractivity contribution in [3.05, 3.63) is 35.4 Å². The second-order valence-electron chi connectivity index (χ2n) is 11.9. The van der Waals surface area contributed by atoms with Gasteiger partial charge in [0.25, 0.3) is 0 Å². The van der Waals surface area contributed by atoms with Crippen molar-refractivity contribution in [3.8, 4) is 34.5 Å². The van der Waals surface area contributed by atoms with Gasteiger partial charge in [0.2, 0.25) is 11.5 Å². The van der Waals surface area contributed by atoms with Gasteiger partial charge in [0, 0.05) is 19.6 Å². The van der Waals surface area contributed by atoms with Gasteiger partial charge in [0.05, 0.1) is 53.3 Å². The fraction of sp³-hybridized carbons (Fsp3) is 0.588. The van der Waals surface area contributed by atoms with Crippen molar-refractivity contribution in [3.63, 3.8) is 0 Å². The number of rotatable bonds is 16. The zero-order valence-electron chi connectivity index (χ0n) is 28.5. The van der Waals surface area contributed by atoms with Crippen LogP contribution in [0, 0.1) is 0 Å². The van der Waals surface area contributed by atoms with E-state index in [1.165, 1.54) is 35.5 Å². The lowest BCUT2D eigenvalue weighted by Gasteiger charge is -2.24. The molecule has 0 aromatic heterocycles. The lowest BCUT2D eigenvalue weighted by atomic mass is 10.1. The van der Waals surface area contributed by atoms with Crippen LogP contribution < -0.4 is 33.7 Å². The third kappa shape index (κ3) is 10.6. The molecule has 256 valence electrons. The maximum Gasteiger partial charge on any atom is 0.338 e. The molecule has 0 saturated carbocycles. The molecular weight excluding hydrogens is 596 g/mol. The summed E-state index contributed by atoms with van der Waals surface area (Å²) in [6.07, 6.45) is 2.46. The number of hydrogen-bond acceptors (Lipinski definition) is 12. The molecule has 1 aliphatic heterocycles. The molecule has 0 bridgehead atoms. The lowest BCUT2D eigenvalue weighted by molar-refractivity contribution is 0.00681. The third-order valence-electron chi connectivity index (χ3n) is 7.38. The van der Waals surface area contributed by atoms with Crippen molar-refractivity contribution in [2.45, 2.75) is 58.2 Å². The first kappa shape index (κ1) is 36.6. The van der Waals surface area contributed by atoms with Gasteiger partial charge in [-0.15, -0.1) is 0 Å². The molecule has 1 saturated heterocycles. The van der Waals surface area contributed by atoms with E-state index in [4.69, 9.17) is 37.9 Å². The van der Waals surface area contributed by atoms with Gasteiger partial charge >= 0.3 is 11.9 Å².